The van der Waals surface area contributed by atoms with Crippen LogP contribution < -0.4 is 11.1 Å². The minimum absolute atomic E-state index is 0.598. The quantitative estimate of drug-likeness (QED) is 0.727. The van der Waals surface area contributed by atoms with Crippen LogP contribution in [-0.4, -0.2) is 4.98 Å². The third kappa shape index (κ3) is 2.28. The van der Waals surface area contributed by atoms with Crippen LogP contribution in [-0.2, 0) is 0 Å². The molecule has 0 spiro atoms. The van der Waals surface area contributed by atoms with Gasteiger partial charge in [-0.05, 0) is 30.7 Å². The number of halogens is 1. The Balaban J connectivity index is 2.15. The molecule has 1 heterocycles. The van der Waals surface area contributed by atoms with Crippen molar-refractivity contribution in [1.82, 2.24) is 4.98 Å². The van der Waals surface area contributed by atoms with Crippen LogP contribution in [0.5, 0.6) is 0 Å². The van der Waals surface area contributed by atoms with Gasteiger partial charge in [0.05, 0.1) is 33.8 Å². The topological polar surface area (TPSA) is 50.9 Å². The van der Waals surface area contributed by atoms with Gasteiger partial charge in [0.25, 0.3) is 0 Å². The molecule has 0 unspecified atom stereocenters. The van der Waals surface area contributed by atoms with E-state index in [1.54, 1.807) is 6.20 Å². The summed E-state index contributed by atoms with van der Waals surface area (Å²) in [6.07, 6.45) is 1.66. The van der Waals surface area contributed by atoms with Gasteiger partial charge < -0.3 is 11.1 Å². The lowest BCUT2D eigenvalue weighted by molar-refractivity contribution is 1.40. The molecule has 0 radical (unpaired) electrons. The highest BCUT2D eigenvalue weighted by Crippen LogP contribution is 2.33. The van der Waals surface area contributed by atoms with E-state index in [-0.39, 0.29) is 0 Å². The number of nitrogens with zero attached hydrogens (tertiary/aromatic N) is 1. The summed E-state index contributed by atoms with van der Waals surface area (Å²) < 4.78 is 0. The molecule has 3 N–H and O–H groups in total. The number of aromatic nitrogens is 1. The number of nitrogens with two attached hydrogens (primary N) is 1. The number of benzene rings is 2. The third-order valence-corrected chi connectivity index (χ3v) is 3.52. The summed E-state index contributed by atoms with van der Waals surface area (Å²) >= 11 is 6.23. The summed E-state index contributed by atoms with van der Waals surface area (Å²) in [5.74, 6) is 0. The largest absolute Gasteiger partial charge is 0.396 e. The summed E-state index contributed by atoms with van der Waals surface area (Å²) in [6, 6.07) is 13.7. The molecular weight excluding hydrogens is 270 g/mol. The molecule has 4 heteroatoms. The molecule has 0 atom stereocenters. The molecule has 3 rings (SSSR count). The molecule has 0 saturated heterocycles. The molecule has 3 aromatic rings. The first-order valence-corrected chi connectivity index (χ1v) is 6.69. The van der Waals surface area contributed by atoms with Gasteiger partial charge in [0, 0.05) is 5.39 Å². The molecule has 0 aliphatic heterocycles. The Morgan fingerprint density at radius 3 is 2.80 bits per heavy atom. The van der Waals surface area contributed by atoms with E-state index in [9.17, 15) is 0 Å². The molecule has 20 heavy (non-hydrogen) atoms. The molecule has 3 nitrogen and oxygen atoms in total. The van der Waals surface area contributed by atoms with Gasteiger partial charge in [0.15, 0.2) is 0 Å². The number of nitrogens with one attached hydrogen (secondary N) is 1. The van der Waals surface area contributed by atoms with Gasteiger partial charge in [-0.15, -0.1) is 0 Å². The Kier molecular flexibility index (Phi) is 3.20. The second kappa shape index (κ2) is 5.02. The normalized spacial score (nSPS) is 10.7. The first-order valence-electron chi connectivity index (χ1n) is 6.31. The summed E-state index contributed by atoms with van der Waals surface area (Å²) in [5, 5.41) is 4.97. The first-order chi connectivity index (χ1) is 9.65. The Bertz CT molecular complexity index is 784. The second-order valence-corrected chi connectivity index (χ2v) is 5.12. The molecule has 100 valence electrons. The van der Waals surface area contributed by atoms with E-state index >= 15 is 0 Å². The molecule has 1 aromatic heterocycles. The van der Waals surface area contributed by atoms with E-state index in [1.807, 2.05) is 49.4 Å². The fourth-order valence-corrected chi connectivity index (χ4v) is 2.33. The van der Waals surface area contributed by atoms with Crippen molar-refractivity contribution >= 4 is 39.6 Å². The van der Waals surface area contributed by atoms with Gasteiger partial charge in [0.1, 0.15) is 0 Å². The second-order valence-electron chi connectivity index (χ2n) is 4.71. The van der Waals surface area contributed by atoms with Crippen molar-refractivity contribution in [3.8, 4) is 0 Å². The Morgan fingerprint density at radius 2 is 1.95 bits per heavy atom. The molecule has 0 aliphatic rings. The van der Waals surface area contributed by atoms with Crippen LogP contribution >= 0.6 is 11.6 Å². The highest BCUT2D eigenvalue weighted by molar-refractivity contribution is 6.33. The Labute approximate surface area is 122 Å². The number of hydrogen-bond acceptors (Lipinski definition) is 3. The van der Waals surface area contributed by atoms with Crippen LogP contribution in [0.15, 0.2) is 48.7 Å². The predicted molar refractivity (Wildman–Crippen MR) is 85.6 cm³/mol. The number of pyridine rings is 1. The zero-order chi connectivity index (χ0) is 14.1. The summed E-state index contributed by atoms with van der Waals surface area (Å²) in [5.41, 5.74) is 10.4. The maximum absolute atomic E-state index is 6.23. The number of para-hydroxylation sites is 1. The number of hydrogen-bond donors (Lipinski definition) is 2. The van der Waals surface area contributed by atoms with E-state index in [0.717, 1.165) is 27.8 Å². The fraction of sp³-hybridized carbons (Fsp3) is 0.0625. The minimum Gasteiger partial charge on any atom is -0.396 e. The van der Waals surface area contributed by atoms with Crippen molar-refractivity contribution in [2.24, 2.45) is 0 Å². The molecule has 0 aliphatic carbocycles. The summed E-state index contributed by atoms with van der Waals surface area (Å²) in [7, 11) is 0. The Morgan fingerprint density at radius 1 is 1.15 bits per heavy atom. The van der Waals surface area contributed by atoms with Gasteiger partial charge in [0.2, 0.25) is 0 Å². The maximum atomic E-state index is 6.23. The van der Waals surface area contributed by atoms with Crippen molar-refractivity contribution in [1.29, 1.82) is 0 Å². The highest BCUT2D eigenvalue weighted by Gasteiger charge is 2.08. The van der Waals surface area contributed by atoms with Gasteiger partial charge in [-0.25, -0.2) is 0 Å². The van der Waals surface area contributed by atoms with Crippen LogP contribution in [0.25, 0.3) is 10.9 Å². The molecule has 0 fully saturated rings. The fourth-order valence-electron chi connectivity index (χ4n) is 2.17. The monoisotopic (exact) mass is 283 g/mol. The van der Waals surface area contributed by atoms with Crippen molar-refractivity contribution < 1.29 is 0 Å². The van der Waals surface area contributed by atoms with Crippen LogP contribution in [0, 0.1) is 6.92 Å². The van der Waals surface area contributed by atoms with Gasteiger partial charge in [-0.1, -0.05) is 35.9 Å². The zero-order valence-electron chi connectivity index (χ0n) is 11.0. The number of nitrogen functional groups attached to an aromatic ring is 1. The van der Waals surface area contributed by atoms with E-state index in [1.165, 1.54) is 0 Å². The number of aryl methyl sites for hydroxylation is 1. The van der Waals surface area contributed by atoms with E-state index in [0.29, 0.717) is 10.7 Å². The first kappa shape index (κ1) is 12.8. The molecule has 0 saturated carbocycles. The van der Waals surface area contributed by atoms with Crippen molar-refractivity contribution in [3.05, 3.63) is 59.2 Å². The average Bonchev–Trinajstić information content (AvgIpc) is 2.46. The van der Waals surface area contributed by atoms with Crippen LogP contribution in [0.4, 0.5) is 17.1 Å². The Hall–Kier alpha value is -2.26. The molecule has 0 amide bonds. The number of fused-ring (bicyclic) bond motifs is 1. The standard InChI is InChI=1S/C16H14ClN3/c1-10-6-7-12(17)15(8-10)20-16-11-4-2-3-5-14(11)19-9-13(16)18/h2-9H,18H2,1H3,(H,19,20). The van der Waals surface area contributed by atoms with Gasteiger partial charge in [-0.3, -0.25) is 4.98 Å². The predicted octanol–water partition coefficient (Wildman–Crippen LogP) is 4.52. The number of anilines is 3. The van der Waals surface area contributed by atoms with Crippen molar-refractivity contribution in [3.63, 3.8) is 0 Å². The molecule has 2 aromatic carbocycles. The highest BCUT2D eigenvalue weighted by atomic mass is 35.5. The van der Waals surface area contributed by atoms with E-state index in [4.69, 9.17) is 17.3 Å². The van der Waals surface area contributed by atoms with Gasteiger partial charge >= 0.3 is 0 Å². The molecular formula is C16H14ClN3. The molecule has 0 bridgehead atoms. The maximum Gasteiger partial charge on any atom is 0.0746 e. The van der Waals surface area contributed by atoms with Gasteiger partial charge in [-0.2, -0.15) is 0 Å². The minimum atomic E-state index is 0.598. The lowest BCUT2D eigenvalue weighted by Crippen LogP contribution is -1.99. The number of rotatable bonds is 2. The van der Waals surface area contributed by atoms with Crippen LogP contribution in [0.2, 0.25) is 5.02 Å². The van der Waals surface area contributed by atoms with Crippen molar-refractivity contribution in [2.75, 3.05) is 11.1 Å². The smallest absolute Gasteiger partial charge is 0.0746 e. The van der Waals surface area contributed by atoms with Crippen molar-refractivity contribution in [2.45, 2.75) is 6.92 Å². The zero-order valence-corrected chi connectivity index (χ0v) is 11.8. The van der Waals surface area contributed by atoms with Crippen LogP contribution in [0.3, 0.4) is 0 Å². The summed E-state index contributed by atoms with van der Waals surface area (Å²) in [4.78, 5) is 4.33. The van der Waals surface area contributed by atoms with Crippen LogP contribution in [0.1, 0.15) is 5.56 Å². The average molecular weight is 284 g/mol. The van der Waals surface area contributed by atoms with E-state index < -0.39 is 0 Å². The lowest BCUT2D eigenvalue weighted by Gasteiger charge is -2.13. The van der Waals surface area contributed by atoms with E-state index in [2.05, 4.69) is 10.3 Å². The lowest BCUT2D eigenvalue weighted by atomic mass is 10.1. The SMILES string of the molecule is Cc1ccc(Cl)c(Nc2c(N)cnc3ccccc23)c1. The third-order valence-electron chi connectivity index (χ3n) is 3.19. The summed E-state index contributed by atoms with van der Waals surface area (Å²) in [6.45, 7) is 2.02.